The number of benzene rings is 1. The number of hydrogen-bond donors (Lipinski definition) is 2. The van der Waals surface area contributed by atoms with Crippen LogP contribution in [-0.4, -0.2) is 23.6 Å². The maximum Gasteiger partial charge on any atom is 0.125 e. The number of fused-ring (bicyclic) bond motifs is 1. The highest BCUT2D eigenvalue weighted by Gasteiger charge is 2.13. The minimum atomic E-state index is -0.237. The molecule has 1 atom stereocenters. The van der Waals surface area contributed by atoms with Crippen LogP contribution in [0, 0.1) is 5.82 Å². The van der Waals surface area contributed by atoms with E-state index in [1.807, 2.05) is 7.05 Å². The number of aromatic nitrogens is 2. The van der Waals surface area contributed by atoms with Gasteiger partial charge < -0.3 is 10.3 Å². The van der Waals surface area contributed by atoms with Gasteiger partial charge in [0.25, 0.3) is 0 Å². The van der Waals surface area contributed by atoms with Crippen molar-refractivity contribution in [1.29, 1.82) is 0 Å². The van der Waals surface area contributed by atoms with E-state index in [-0.39, 0.29) is 5.82 Å². The van der Waals surface area contributed by atoms with Gasteiger partial charge in [-0.15, -0.1) is 0 Å². The molecule has 2 rings (SSSR count). The minimum Gasteiger partial charge on any atom is -0.342 e. The third-order valence-corrected chi connectivity index (χ3v) is 3.09. The Labute approximate surface area is 100 Å². The quantitative estimate of drug-likeness (QED) is 0.836. The Hall–Kier alpha value is -1.42. The second-order valence-corrected chi connectivity index (χ2v) is 4.28. The lowest BCUT2D eigenvalue weighted by atomic mass is 10.0. The highest BCUT2D eigenvalue weighted by molar-refractivity contribution is 5.75. The summed E-state index contributed by atoms with van der Waals surface area (Å²) >= 11 is 0. The lowest BCUT2D eigenvalue weighted by Crippen LogP contribution is -2.12. The fraction of sp³-hybridized carbons (Fsp3) is 0.462. The van der Waals surface area contributed by atoms with E-state index in [9.17, 15) is 4.39 Å². The van der Waals surface area contributed by atoms with Gasteiger partial charge in [0.2, 0.25) is 0 Å². The van der Waals surface area contributed by atoms with Crippen LogP contribution in [0.2, 0.25) is 0 Å². The Morgan fingerprint density at radius 3 is 3.00 bits per heavy atom. The molecular formula is C13H18FN3. The molecule has 1 aromatic heterocycles. The van der Waals surface area contributed by atoms with Crippen molar-refractivity contribution in [2.45, 2.75) is 25.7 Å². The predicted molar refractivity (Wildman–Crippen MR) is 67.6 cm³/mol. The van der Waals surface area contributed by atoms with Crippen molar-refractivity contribution in [3.63, 3.8) is 0 Å². The van der Waals surface area contributed by atoms with Crippen LogP contribution in [0.3, 0.4) is 0 Å². The Morgan fingerprint density at radius 2 is 2.29 bits per heavy atom. The molecule has 0 saturated carbocycles. The van der Waals surface area contributed by atoms with E-state index < -0.39 is 0 Å². The van der Waals surface area contributed by atoms with Crippen LogP contribution in [0.15, 0.2) is 18.2 Å². The highest BCUT2D eigenvalue weighted by atomic mass is 19.1. The van der Waals surface area contributed by atoms with E-state index in [0.717, 1.165) is 30.7 Å². The molecule has 1 aromatic carbocycles. The van der Waals surface area contributed by atoms with E-state index in [0.29, 0.717) is 11.4 Å². The van der Waals surface area contributed by atoms with Crippen molar-refractivity contribution >= 4 is 11.0 Å². The first kappa shape index (κ1) is 12.0. The SMILES string of the molecule is CCC(CCNC)c1nc2cc(F)ccc2[nH]1. The van der Waals surface area contributed by atoms with Crippen LogP contribution in [0.4, 0.5) is 4.39 Å². The predicted octanol–water partition coefficient (Wildman–Crippen LogP) is 2.81. The van der Waals surface area contributed by atoms with E-state index in [2.05, 4.69) is 22.2 Å². The molecule has 0 aliphatic carbocycles. The number of rotatable bonds is 5. The fourth-order valence-corrected chi connectivity index (χ4v) is 2.04. The molecule has 2 N–H and O–H groups in total. The zero-order chi connectivity index (χ0) is 12.3. The molecule has 0 spiro atoms. The van der Waals surface area contributed by atoms with Crippen molar-refractivity contribution in [3.05, 3.63) is 29.8 Å². The van der Waals surface area contributed by atoms with Crippen LogP contribution >= 0.6 is 0 Å². The van der Waals surface area contributed by atoms with E-state index >= 15 is 0 Å². The Bertz CT molecular complexity index is 492. The Kier molecular flexibility index (Phi) is 3.74. The van der Waals surface area contributed by atoms with Gasteiger partial charge in [0.05, 0.1) is 11.0 Å². The molecule has 0 fully saturated rings. The smallest absolute Gasteiger partial charge is 0.125 e. The lowest BCUT2D eigenvalue weighted by molar-refractivity contribution is 0.560. The summed E-state index contributed by atoms with van der Waals surface area (Å²) in [5, 5.41) is 3.14. The van der Waals surface area contributed by atoms with Crippen LogP contribution in [-0.2, 0) is 0 Å². The molecule has 0 radical (unpaired) electrons. The van der Waals surface area contributed by atoms with Crippen molar-refractivity contribution in [3.8, 4) is 0 Å². The van der Waals surface area contributed by atoms with Crippen LogP contribution < -0.4 is 5.32 Å². The van der Waals surface area contributed by atoms with E-state index in [1.165, 1.54) is 12.1 Å². The lowest BCUT2D eigenvalue weighted by Gasteiger charge is -2.10. The maximum atomic E-state index is 13.1. The first-order valence-electron chi connectivity index (χ1n) is 6.04. The normalized spacial score (nSPS) is 13.1. The fourth-order valence-electron chi connectivity index (χ4n) is 2.04. The molecule has 3 nitrogen and oxygen atoms in total. The molecule has 1 heterocycles. The molecule has 4 heteroatoms. The molecule has 0 aliphatic heterocycles. The van der Waals surface area contributed by atoms with E-state index in [4.69, 9.17) is 0 Å². The summed E-state index contributed by atoms with van der Waals surface area (Å²) in [6.45, 7) is 3.11. The van der Waals surface area contributed by atoms with E-state index in [1.54, 1.807) is 6.07 Å². The van der Waals surface area contributed by atoms with Crippen LogP contribution in [0.1, 0.15) is 31.5 Å². The van der Waals surface area contributed by atoms with Crippen molar-refractivity contribution in [2.24, 2.45) is 0 Å². The Balaban J connectivity index is 2.27. The summed E-state index contributed by atoms with van der Waals surface area (Å²) in [6, 6.07) is 4.67. The van der Waals surface area contributed by atoms with Gasteiger partial charge in [-0.3, -0.25) is 0 Å². The average molecular weight is 235 g/mol. The van der Waals surface area contributed by atoms with Crippen LogP contribution in [0.25, 0.3) is 11.0 Å². The first-order valence-corrected chi connectivity index (χ1v) is 6.04. The average Bonchev–Trinajstić information content (AvgIpc) is 2.72. The van der Waals surface area contributed by atoms with Gasteiger partial charge in [-0.25, -0.2) is 9.37 Å². The summed E-state index contributed by atoms with van der Waals surface area (Å²) in [5.74, 6) is 1.13. The Morgan fingerprint density at radius 1 is 1.47 bits per heavy atom. The monoisotopic (exact) mass is 235 g/mol. The van der Waals surface area contributed by atoms with Gasteiger partial charge in [0.1, 0.15) is 11.6 Å². The summed E-state index contributed by atoms with van der Waals surface area (Å²) in [6.07, 6.45) is 2.07. The standard InChI is InChI=1S/C13H18FN3/c1-3-9(6-7-15-2)13-16-11-5-4-10(14)8-12(11)17-13/h4-5,8-9,15H,3,6-7H2,1-2H3,(H,16,17). The van der Waals surface area contributed by atoms with Gasteiger partial charge >= 0.3 is 0 Å². The van der Waals surface area contributed by atoms with Gasteiger partial charge in [0, 0.05) is 12.0 Å². The summed E-state index contributed by atoms with van der Waals surface area (Å²) in [5.41, 5.74) is 1.62. The second kappa shape index (κ2) is 5.27. The number of hydrogen-bond acceptors (Lipinski definition) is 2. The molecule has 0 saturated heterocycles. The van der Waals surface area contributed by atoms with Gasteiger partial charge in [-0.05, 0) is 38.6 Å². The second-order valence-electron chi connectivity index (χ2n) is 4.28. The maximum absolute atomic E-state index is 13.1. The molecule has 2 aromatic rings. The van der Waals surface area contributed by atoms with Crippen molar-refractivity contribution in [1.82, 2.24) is 15.3 Å². The summed E-state index contributed by atoms with van der Waals surface area (Å²) in [4.78, 5) is 7.75. The number of nitrogens with one attached hydrogen (secondary N) is 2. The molecular weight excluding hydrogens is 217 g/mol. The van der Waals surface area contributed by atoms with Crippen molar-refractivity contribution < 1.29 is 4.39 Å². The van der Waals surface area contributed by atoms with Gasteiger partial charge in [-0.1, -0.05) is 6.92 Å². The van der Waals surface area contributed by atoms with Crippen molar-refractivity contribution in [2.75, 3.05) is 13.6 Å². The van der Waals surface area contributed by atoms with Gasteiger partial charge in [-0.2, -0.15) is 0 Å². The third-order valence-electron chi connectivity index (χ3n) is 3.09. The topological polar surface area (TPSA) is 40.7 Å². The number of halogens is 1. The zero-order valence-electron chi connectivity index (χ0n) is 10.3. The largest absolute Gasteiger partial charge is 0.342 e. The van der Waals surface area contributed by atoms with Gasteiger partial charge in [0.15, 0.2) is 0 Å². The zero-order valence-corrected chi connectivity index (χ0v) is 10.3. The van der Waals surface area contributed by atoms with Crippen LogP contribution in [0.5, 0.6) is 0 Å². The number of H-pyrrole nitrogens is 1. The molecule has 92 valence electrons. The highest BCUT2D eigenvalue weighted by Crippen LogP contribution is 2.23. The molecule has 1 unspecified atom stereocenters. The molecule has 0 bridgehead atoms. The minimum absolute atomic E-state index is 0.237. The third kappa shape index (κ3) is 2.64. The number of nitrogens with zero attached hydrogens (tertiary/aromatic N) is 1. The summed E-state index contributed by atoms with van der Waals surface area (Å²) < 4.78 is 13.1. The molecule has 0 amide bonds. The summed E-state index contributed by atoms with van der Waals surface area (Å²) in [7, 11) is 1.95. The number of imidazole rings is 1. The molecule has 0 aliphatic rings. The molecule has 17 heavy (non-hydrogen) atoms. The number of aromatic amines is 1. The first-order chi connectivity index (χ1) is 8.24.